The predicted octanol–water partition coefficient (Wildman–Crippen LogP) is 4.02. The number of benzene rings is 2. The first-order chi connectivity index (χ1) is 15.2. The van der Waals surface area contributed by atoms with Gasteiger partial charge in [-0.05, 0) is 55.8 Å². The molecular formula is C24H27ClN4O3. The molecule has 0 aliphatic rings. The van der Waals surface area contributed by atoms with Gasteiger partial charge in [-0.2, -0.15) is 5.10 Å². The second-order valence-corrected chi connectivity index (χ2v) is 8.21. The third-order valence-electron chi connectivity index (χ3n) is 5.18. The maximum atomic E-state index is 12.4. The molecule has 0 saturated heterocycles. The number of rotatable bonds is 7. The van der Waals surface area contributed by atoms with Gasteiger partial charge >= 0.3 is 5.97 Å². The summed E-state index contributed by atoms with van der Waals surface area (Å²) in [5, 5.41) is 5.01. The summed E-state index contributed by atoms with van der Waals surface area (Å²) < 4.78 is 6.93. The minimum absolute atomic E-state index is 0.274. The number of hydrogen-bond donors (Lipinski definition) is 0. The summed E-state index contributed by atoms with van der Waals surface area (Å²) in [4.78, 5) is 28.3. The van der Waals surface area contributed by atoms with Crippen LogP contribution in [-0.2, 0) is 16.1 Å². The van der Waals surface area contributed by atoms with Crippen molar-refractivity contribution in [1.82, 2.24) is 14.7 Å². The highest BCUT2D eigenvalue weighted by Crippen LogP contribution is 2.22. The number of halogens is 1. The number of likely N-dealkylation sites (N-methyl/N-ethyl adjacent to an activating group) is 1. The van der Waals surface area contributed by atoms with Crippen LogP contribution in [0.1, 0.15) is 27.3 Å². The Balaban J connectivity index is 1.55. The summed E-state index contributed by atoms with van der Waals surface area (Å²) in [6.07, 6.45) is 0. The smallest absolute Gasteiger partial charge is 0.338 e. The quantitative estimate of drug-likeness (QED) is 0.504. The van der Waals surface area contributed by atoms with Crippen LogP contribution in [0, 0.1) is 13.8 Å². The molecule has 0 fully saturated rings. The summed E-state index contributed by atoms with van der Waals surface area (Å²) in [6, 6.07) is 14.8. The van der Waals surface area contributed by atoms with Crippen LogP contribution < -0.4 is 4.90 Å². The number of aromatic nitrogens is 2. The van der Waals surface area contributed by atoms with Gasteiger partial charge in [-0.3, -0.25) is 4.79 Å². The van der Waals surface area contributed by atoms with Gasteiger partial charge in [-0.1, -0.05) is 23.7 Å². The Labute approximate surface area is 193 Å². The SMILES string of the molecule is Cc1nn(-c2ccc(C(=O)OCC(=O)N(C)Cc3ccc(N(C)C)cc3)cc2)c(C)c1Cl. The molecule has 168 valence electrons. The van der Waals surface area contributed by atoms with Gasteiger partial charge in [0.1, 0.15) is 0 Å². The summed E-state index contributed by atoms with van der Waals surface area (Å²) in [6.45, 7) is 3.83. The highest BCUT2D eigenvalue weighted by Gasteiger charge is 2.15. The zero-order chi connectivity index (χ0) is 23.4. The van der Waals surface area contributed by atoms with Gasteiger partial charge in [0.25, 0.3) is 5.91 Å². The molecule has 0 spiro atoms. The van der Waals surface area contributed by atoms with Gasteiger partial charge in [-0.25, -0.2) is 9.48 Å². The van der Waals surface area contributed by atoms with Crippen LogP contribution in [-0.4, -0.2) is 54.3 Å². The molecule has 1 heterocycles. The van der Waals surface area contributed by atoms with Crippen molar-refractivity contribution in [3.63, 3.8) is 0 Å². The molecular weight excluding hydrogens is 428 g/mol. The molecule has 1 aromatic heterocycles. The summed E-state index contributed by atoms with van der Waals surface area (Å²) >= 11 is 6.20. The molecule has 3 rings (SSSR count). The summed E-state index contributed by atoms with van der Waals surface area (Å²) in [7, 11) is 5.63. The van der Waals surface area contributed by atoms with E-state index in [4.69, 9.17) is 16.3 Å². The Hall–Kier alpha value is -3.32. The Morgan fingerprint density at radius 3 is 2.16 bits per heavy atom. The highest BCUT2D eigenvalue weighted by atomic mass is 35.5. The van der Waals surface area contributed by atoms with Gasteiger partial charge in [-0.15, -0.1) is 0 Å². The van der Waals surface area contributed by atoms with Crippen molar-refractivity contribution in [2.45, 2.75) is 20.4 Å². The molecule has 3 aromatic rings. The first-order valence-electron chi connectivity index (χ1n) is 10.2. The standard InChI is InChI=1S/C24H27ClN4O3/c1-16-23(25)17(2)29(26-16)21-12-8-19(9-13-21)24(31)32-15-22(30)28(5)14-18-6-10-20(11-7-18)27(3)4/h6-13H,14-15H2,1-5H3. The lowest BCUT2D eigenvalue weighted by Gasteiger charge is -2.18. The Morgan fingerprint density at radius 1 is 1.00 bits per heavy atom. The molecule has 2 aromatic carbocycles. The number of hydrogen-bond acceptors (Lipinski definition) is 5. The van der Waals surface area contributed by atoms with Crippen molar-refractivity contribution in [1.29, 1.82) is 0 Å². The summed E-state index contributed by atoms with van der Waals surface area (Å²) in [5.74, 6) is -0.830. The molecule has 0 unspecified atom stereocenters. The van der Waals surface area contributed by atoms with Crippen LogP contribution in [0.5, 0.6) is 0 Å². The molecule has 0 radical (unpaired) electrons. The van der Waals surface area contributed by atoms with E-state index >= 15 is 0 Å². The Kier molecular flexibility index (Phi) is 7.20. The maximum absolute atomic E-state index is 12.4. The first kappa shape index (κ1) is 23.3. The van der Waals surface area contributed by atoms with E-state index in [-0.39, 0.29) is 12.5 Å². The van der Waals surface area contributed by atoms with Gasteiger partial charge in [0.15, 0.2) is 6.61 Å². The van der Waals surface area contributed by atoms with Gasteiger partial charge in [0, 0.05) is 33.4 Å². The third-order valence-corrected chi connectivity index (χ3v) is 5.72. The topological polar surface area (TPSA) is 67.7 Å². The number of ether oxygens (including phenoxy) is 1. The molecule has 0 saturated carbocycles. The monoisotopic (exact) mass is 454 g/mol. The van der Waals surface area contributed by atoms with E-state index in [2.05, 4.69) is 5.10 Å². The van der Waals surface area contributed by atoms with E-state index < -0.39 is 5.97 Å². The fraction of sp³-hybridized carbons (Fsp3) is 0.292. The van der Waals surface area contributed by atoms with Crippen LogP contribution in [0.25, 0.3) is 5.69 Å². The van der Waals surface area contributed by atoms with E-state index in [1.807, 2.05) is 57.1 Å². The highest BCUT2D eigenvalue weighted by molar-refractivity contribution is 6.31. The average Bonchev–Trinajstić information content (AvgIpc) is 3.04. The number of carbonyl (C=O) groups is 2. The molecule has 0 atom stereocenters. The zero-order valence-corrected chi connectivity index (χ0v) is 19.7. The molecule has 0 N–H and O–H groups in total. The average molecular weight is 455 g/mol. The van der Waals surface area contributed by atoms with Crippen LogP contribution in [0.4, 0.5) is 5.69 Å². The van der Waals surface area contributed by atoms with Gasteiger partial charge < -0.3 is 14.5 Å². The second-order valence-electron chi connectivity index (χ2n) is 7.83. The van der Waals surface area contributed by atoms with Crippen molar-refractivity contribution in [3.8, 4) is 5.69 Å². The zero-order valence-electron chi connectivity index (χ0n) is 18.9. The third kappa shape index (κ3) is 5.29. The molecule has 0 aliphatic heterocycles. The largest absolute Gasteiger partial charge is 0.452 e. The lowest BCUT2D eigenvalue weighted by atomic mass is 10.2. The number of carbonyl (C=O) groups excluding carboxylic acids is 2. The van der Waals surface area contributed by atoms with Crippen LogP contribution in [0.3, 0.4) is 0 Å². The van der Waals surface area contributed by atoms with Crippen molar-refractivity contribution >= 4 is 29.2 Å². The van der Waals surface area contributed by atoms with Crippen LogP contribution in [0.2, 0.25) is 5.02 Å². The van der Waals surface area contributed by atoms with Crippen LogP contribution >= 0.6 is 11.6 Å². The van der Waals surface area contributed by atoms with Crippen molar-refractivity contribution in [2.24, 2.45) is 0 Å². The fourth-order valence-electron chi connectivity index (χ4n) is 3.20. The minimum Gasteiger partial charge on any atom is -0.452 e. The van der Waals surface area contributed by atoms with E-state index in [0.29, 0.717) is 17.1 Å². The molecule has 32 heavy (non-hydrogen) atoms. The Bertz CT molecular complexity index is 1110. The van der Waals surface area contributed by atoms with E-state index in [1.165, 1.54) is 4.90 Å². The fourth-order valence-corrected chi connectivity index (χ4v) is 3.31. The van der Waals surface area contributed by atoms with Crippen molar-refractivity contribution in [2.75, 3.05) is 32.6 Å². The molecule has 0 bridgehead atoms. The lowest BCUT2D eigenvalue weighted by molar-refractivity contribution is -0.133. The second kappa shape index (κ2) is 9.87. The molecule has 7 nitrogen and oxygen atoms in total. The number of esters is 1. The molecule has 8 heteroatoms. The number of amides is 1. The van der Waals surface area contributed by atoms with Crippen molar-refractivity contribution in [3.05, 3.63) is 76.1 Å². The minimum atomic E-state index is -0.556. The van der Waals surface area contributed by atoms with E-state index in [9.17, 15) is 9.59 Å². The van der Waals surface area contributed by atoms with Crippen LogP contribution in [0.15, 0.2) is 48.5 Å². The Morgan fingerprint density at radius 2 is 1.62 bits per heavy atom. The predicted molar refractivity (Wildman–Crippen MR) is 126 cm³/mol. The lowest BCUT2D eigenvalue weighted by Crippen LogP contribution is -2.30. The molecule has 1 amide bonds. The normalized spacial score (nSPS) is 10.7. The summed E-state index contributed by atoms with van der Waals surface area (Å²) in [5.41, 5.74) is 4.79. The maximum Gasteiger partial charge on any atom is 0.338 e. The first-order valence-corrected chi connectivity index (χ1v) is 10.5. The number of nitrogens with zero attached hydrogens (tertiary/aromatic N) is 4. The molecule has 0 aliphatic carbocycles. The van der Waals surface area contributed by atoms with Gasteiger partial charge in [0.2, 0.25) is 0 Å². The van der Waals surface area contributed by atoms with Gasteiger partial charge in [0.05, 0.1) is 27.7 Å². The number of anilines is 1. The van der Waals surface area contributed by atoms with E-state index in [0.717, 1.165) is 28.3 Å². The number of aryl methyl sites for hydroxylation is 1. The van der Waals surface area contributed by atoms with Crippen molar-refractivity contribution < 1.29 is 14.3 Å². The van der Waals surface area contributed by atoms with E-state index in [1.54, 1.807) is 36.0 Å².